The summed E-state index contributed by atoms with van der Waals surface area (Å²) in [5.74, 6) is -0.361. The molecule has 6 N–H and O–H groups in total. The molecule has 5 unspecified atom stereocenters. The van der Waals surface area contributed by atoms with Gasteiger partial charge in [-0.2, -0.15) is 9.59 Å². The lowest BCUT2D eigenvalue weighted by Crippen LogP contribution is -2.81. The lowest BCUT2D eigenvalue weighted by Gasteiger charge is -2.63. The van der Waals surface area contributed by atoms with E-state index in [0.717, 1.165) is 80.6 Å². The van der Waals surface area contributed by atoms with Gasteiger partial charge in [-0.15, -0.1) is 0 Å². The third-order valence-electron chi connectivity index (χ3n) is 15.5. The van der Waals surface area contributed by atoms with Crippen LogP contribution in [0.4, 0.5) is 5.69 Å². The number of aromatic amines is 1. The summed E-state index contributed by atoms with van der Waals surface area (Å²) >= 11 is 0. The predicted molar refractivity (Wildman–Crippen MR) is 216 cm³/mol. The molecule has 1 aliphatic carbocycles. The second kappa shape index (κ2) is 14.2. The molecule has 6 aliphatic rings. The first-order chi connectivity index (χ1) is 27.2. The molecule has 3 fully saturated rings. The SMILES string of the molecule is CCC1(O)CC2CN(CCc3c([nH]c4ccccc34)[C@@](C)(c3cc4c(cc3C)N(C)C3[C@]45CCN4CC=C[C@](CC)(C45)[C@@H](O)[C@]3(O)C(=O)NCCO)C2)C1.O=C=O. The first-order valence-electron chi connectivity index (χ1n) is 20.9. The van der Waals surface area contributed by atoms with Crippen LogP contribution in [0.15, 0.2) is 48.6 Å². The van der Waals surface area contributed by atoms with E-state index in [-0.39, 0.29) is 31.3 Å². The van der Waals surface area contributed by atoms with Crippen LogP contribution >= 0.6 is 0 Å². The van der Waals surface area contributed by atoms with Crippen molar-refractivity contribution in [3.63, 3.8) is 0 Å². The van der Waals surface area contributed by atoms with Gasteiger partial charge in [0.05, 0.1) is 18.2 Å². The second-order valence-electron chi connectivity index (χ2n) is 18.2. The second-order valence-corrected chi connectivity index (χ2v) is 18.2. The van der Waals surface area contributed by atoms with Crippen LogP contribution in [0.3, 0.4) is 0 Å². The van der Waals surface area contributed by atoms with Crippen molar-refractivity contribution < 1.29 is 34.8 Å². The molecule has 9 rings (SSSR count). The highest BCUT2D eigenvalue weighted by Gasteiger charge is 2.78. The number of amides is 1. The summed E-state index contributed by atoms with van der Waals surface area (Å²) in [6.07, 6.45) is 7.63. The number of anilines is 1. The van der Waals surface area contributed by atoms with Crippen LogP contribution in [0.5, 0.6) is 0 Å². The fraction of sp³-hybridized carbons (Fsp3) is 0.600. The zero-order chi connectivity index (χ0) is 40.7. The number of fused-ring (bicyclic) bond motifs is 6. The number of H-pyrrole nitrogens is 1. The number of nitrogens with one attached hydrogen (secondary N) is 2. The Morgan fingerprint density at radius 3 is 2.53 bits per heavy atom. The van der Waals surface area contributed by atoms with Crippen molar-refractivity contribution in [2.24, 2.45) is 11.3 Å². The van der Waals surface area contributed by atoms with E-state index in [0.29, 0.717) is 13.0 Å². The highest BCUT2D eigenvalue weighted by molar-refractivity contribution is 5.90. The molecule has 3 aromatic rings. The molecular formula is C45H59N5O7. The van der Waals surface area contributed by atoms with E-state index >= 15 is 0 Å². The molecule has 2 bridgehead atoms. The Morgan fingerprint density at radius 1 is 1.05 bits per heavy atom. The van der Waals surface area contributed by atoms with Crippen molar-refractivity contribution in [2.45, 2.75) is 106 Å². The minimum atomic E-state index is -2.15. The molecule has 1 saturated carbocycles. The van der Waals surface area contributed by atoms with Gasteiger partial charge in [0.2, 0.25) is 0 Å². The van der Waals surface area contributed by atoms with Crippen LogP contribution in [0.25, 0.3) is 10.9 Å². The van der Waals surface area contributed by atoms with Crippen LogP contribution < -0.4 is 10.2 Å². The minimum Gasteiger partial charge on any atom is -0.395 e. The van der Waals surface area contributed by atoms with Gasteiger partial charge in [0, 0.05) is 84.3 Å². The number of piperidine rings is 1. The van der Waals surface area contributed by atoms with Gasteiger partial charge in [-0.3, -0.25) is 14.6 Å². The van der Waals surface area contributed by atoms with Gasteiger partial charge in [-0.05, 0) is 99.2 Å². The smallest absolute Gasteiger partial charge is 0.373 e. The Balaban J connectivity index is 0.00000147. The topological polar surface area (TPSA) is 170 Å². The quantitative estimate of drug-likeness (QED) is 0.205. The summed E-state index contributed by atoms with van der Waals surface area (Å²) in [5, 5.41) is 51.2. The van der Waals surface area contributed by atoms with E-state index in [4.69, 9.17) is 9.59 Å². The molecule has 1 amide bonds. The number of likely N-dealkylation sites (N-methyl/N-ethyl adjacent to an activating group) is 1. The maximum absolute atomic E-state index is 14.3. The Morgan fingerprint density at radius 2 is 1.81 bits per heavy atom. The summed E-state index contributed by atoms with van der Waals surface area (Å²) in [7, 11) is 1.98. The first kappa shape index (κ1) is 39.9. The third-order valence-corrected chi connectivity index (χ3v) is 15.5. The van der Waals surface area contributed by atoms with Crippen LogP contribution in [0.1, 0.15) is 80.8 Å². The van der Waals surface area contributed by atoms with Crippen molar-refractivity contribution >= 4 is 28.6 Å². The van der Waals surface area contributed by atoms with E-state index in [1.54, 1.807) is 0 Å². The first-order valence-corrected chi connectivity index (χ1v) is 20.9. The number of aromatic nitrogens is 1. The third kappa shape index (κ3) is 5.51. The number of nitrogens with zero attached hydrogens (tertiary/aromatic N) is 3. The highest BCUT2D eigenvalue weighted by atomic mass is 16.4. The van der Waals surface area contributed by atoms with E-state index in [1.807, 2.05) is 7.05 Å². The molecule has 2 saturated heterocycles. The summed E-state index contributed by atoms with van der Waals surface area (Å²) in [6.45, 7) is 12.6. The Bertz CT molecular complexity index is 2130. The number of benzene rings is 2. The van der Waals surface area contributed by atoms with E-state index in [1.165, 1.54) is 22.2 Å². The van der Waals surface area contributed by atoms with Crippen molar-refractivity contribution in [2.75, 3.05) is 57.8 Å². The highest BCUT2D eigenvalue weighted by Crippen LogP contribution is 2.67. The average molecular weight is 782 g/mol. The molecule has 10 atom stereocenters. The number of rotatable bonds is 6. The van der Waals surface area contributed by atoms with Gasteiger partial charge < -0.3 is 35.6 Å². The molecule has 1 aromatic heterocycles. The summed E-state index contributed by atoms with van der Waals surface area (Å²) < 4.78 is 0. The van der Waals surface area contributed by atoms with Crippen molar-refractivity contribution in [3.8, 4) is 0 Å². The van der Waals surface area contributed by atoms with E-state index in [2.05, 4.69) is 101 Å². The van der Waals surface area contributed by atoms with Crippen LogP contribution in [0, 0.1) is 18.3 Å². The van der Waals surface area contributed by atoms with E-state index in [9.17, 15) is 25.2 Å². The normalized spacial score (nSPS) is 37.7. The molecule has 1 spiro atoms. The zero-order valence-electron chi connectivity index (χ0n) is 34.0. The van der Waals surface area contributed by atoms with Gasteiger partial charge in [0.25, 0.3) is 5.91 Å². The number of carbonyl (C=O) groups excluding carboxylic acids is 3. The number of para-hydroxylation sites is 1. The van der Waals surface area contributed by atoms with Crippen molar-refractivity contribution in [1.29, 1.82) is 0 Å². The molecule has 0 radical (unpaired) electrons. The van der Waals surface area contributed by atoms with Crippen LogP contribution in [-0.4, -0.2) is 130 Å². The standard InChI is InChI=1S/C44H59N5O5.CO2/c1-6-41(53)24-28-23-40(4,35-30(13-18-48(25-28)26-41)29-11-8-9-12-33(29)46-35)31-22-32-34(21-27(31)3)47(5)37-43(32)15-19-49-17-10-14-42(7-2,36(43)49)38(51)44(37,54)39(52)45-16-20-50;2-1-3/h8-12,14,21-22,28,36-38,46,50-51,53-54H,6-7,13,15-20,23-26H2,1-5H3,(H,45,52);/t28?,36?,37?,38-,40-,41?,42-,43-,44+;/m1./s1. The number of hydrogen-bond acceptors (Lipinski definition) is 10. The number of aryl methyl sites for hydroxylation is 1. The largest absolute Gasteiger partial charge is 0.395 e. The molecule has 6 heterocycles. The summed E-state index contributed by atoms with van der Waals surface area (Å²) in [5.41, 5.74) is 3.42. The minimum absolute atomic E-state index is 0.00500. The molecular weight excluding hydrogens is 723 g/mol. The van der Waals surface area contributed by atoms with Crippen molar-refractivity contribution in [1.82, 2.24) is 20.1 Å². The van der Waals surface area contributed by atoms with Crippen LogP contribution in [-0.2, 0) is 31.6 Å². The molecule has 12 nitrogen and oxygen atoms in total. The summed E-state index contributed by atoms with van der Waals surface area (Å²) in [6, 6.07) is 12.5. The van der Waals surface area contributed by atoms with Crippen molar-refractivity contribution in [3.05, 3.63) is 76.5 Å². The maximum atomic E-state index is 14.3. The Hall–Kier alpha value is -3.87. The van der Waals surface area contributed by atoms with E-state index < -0.39 is 45.5 Å². The molecule has 57 heavy (non-hydrogen) atoms. The number of aliphatic hydroxyl groups excluding tert-OH is 2. The average Bonchev–Trinajstić information content (AvgIpc) is 3.85. The molecule has 306 valence electrons. The maximum Gasteiger partial charge on any atom is 0.373 e. The number of carbonyl (C=O) groups is 1. The molecule has 2 aromatic carbocycles. The van der Waals surface area contributed by atoms with Crippen LogP contribution in [0.2, 0.25) is 0 Å². The monoisotopic (exact) mass is 781 g/mol. The Kier molecular flexibility index (Phi) is 9.92. The zero-order valence-corrected chi connectivity index (χ0v) is 34.0. The van der Waals surface area contributed by atoms with Gasteiger partial charge in [-0.1, -0.05) is 50.3 Å². The fourth-order valence-corrected chi connectivity index (χ4v) is 13.3. The van der Waals surface area contributed by atoms with Gasteiger partial charge in [0.1, 0.15) is 6.10 Å². The molecule has 5 aliphatic heterocycles. The predicted octanol–water partition coefficient (Wildman–Crippen LogP) is 2.92. The van der Waals surface area contributed by atoms with Gasteiger partial charge >= 0.3 is 6.15 Å². The number of aliphatic hydroxyl groups is 4. The lowest BCUT2D eigenvalue weighted by atomic mass is 9.47. The summed E-state index contributed by atoms with van der Waals surface area (Å²) in [4.78, 5) is 41.6. The molecule has 12 heteroatoms. The van der Waals surface area contributed by atoms with Gasteiger partial charge in [-0.25, -0.2) is 0 Å². The number of hydrogen-bond donors (Lipinski definition) is 6. The Labute approximate surface area is 334 Å². The van der Waals surface area contributed by atoms with Gasteiger partial charge in [0.15, 0.2) is 5.60 Å². The fourth-order valence-electron chi connectivity index (χ4n) is 13.3. The lowest BCUT2D eigenvalue weighted by molar-refractivity contribution is -0.203.